The third kappa shape index (κ3) is 6.08. The second kappa shape index (κ2) is 10.9. The Bertz CT molecular complexity index is 851. The number of nitrogens with zero attached hydrogens (tertiary/aromatic N) is 4. The van der Waals surface area contributed by atoms with Crippen LogP contribution < -0.4 is 5.32 Å². The van der Waals surface area contributed by atoms with Crippen LogP contribution >= 0.6 is 11.8 Å². The molecule has 1 aromatic heterocycles. The zero-order chi connectivity index (χ0) is 23.3. The van der Waals surface area contributed by atoms with Gasteiger partial charge in [-0.2, -0.15) is 0 Å². The van der Waals surface area contributed by atoms with Crippen molar-refractivity contribution in [1.82, 2.24) is 25.3 Å². The smallest absolute Gasteiger partial charge is 0.326 e. The number of likely N-dealkylation sites (N-methyl/N-ethyl adjacent to an activating group) is 1. The number of aromatic nitrogens is 2. The van der Waals surface area contributed by atoms with Gasteiger partial charge in [0.15, 0.2) is 0 Å². The van der Waals surface area contributed by atoms with E-state index in [1.54, 1.807) is 7.05 Å². The van der Waals surface area contributed by atoms with Gasteiger partial charge in [-0.3, -0.25) is 19.3 Å². The molecule has 1 N–H and O–H groups in total. The summed E-state index contributed by atoms with van der Waals surface area (Å²) in [5.74, 6) is -0.345. The van der Waals surface area contributed by atoms with Crippen LogP contribution in [0, 0.1) is 11.8 Å². The lowest BCUT2D eigenvalue weighted by molar-refractivity contribution is -0.126. The summed E-state index contributed by atoms with van der Waals surface area (Å²) in [5.41, 5.74) is 0. The molecule has 0 spiro atoms. The molecule has 4 amide bonds. The van der Waals surface area contributed by atoms with Crippen LogP contribution in [0.2, 0.25) is 0 Å². The number of urea groups is 1. The molecule has 0 aromatic carbocycles. The molecule has 1 saturated heterocycles. The Balaban J connectivity index is 1.56. The first-order chi connectivity index (χ1) is 15.3. The summed E-state index contributed by atoms with van der Waals surface area (Å²) in [6.07, 6.45) is 5.42. The number of amides is 4. The van der Waals surface area contributed by atoms with E-state index in [9.17, 15) is 19.2 Å². The normalized spacial score (nSPS) is 18.5. The molecule has 1 aromatic rings. The average Bonchev–Trinajstić information content (AvgIpc) is 3.33. The summed E-state index contributed by atoms with van der Waals surface area (Å²) < 4.78 is 5.52. The largest absolute Gasteiger partial charge is 0.408 e. The Hall–Kier alpha value is -2.43. The number of thioether (sulfide) groups is 1. The lowest BCUT2D eigenvalue weighted by Gasteiger charge is -2.24. The minimum Gasteiger partial charge on any atom is -0.408 e. The van der Waals surface area contributed by atoms with Crippen LogP contribution in [0.4, 0.5) is 4.79 Å². The van der Waals surface area contributed by atoms with E-state index in [2.05, 4.69) is 15.5 Å². The van der Waals surface area contributed by atoms with Gasteiger partial charge in [-0.05, 0) is 25.2 Å². The lowest BCUT2D eigenvalue weighted by atomic mass is 9.88. The summed E-state index contributed by atoms with van der Waals surface area (Å²) in [4.78, 5) is 51.9. The van der Waals surface area contributed by atoms with E-state index in [0.717, 1.165) is 32.1 Å². The predicted molar refractivity (Wildman–Crippen MR) is 117 cm³/mol. The van der Waals surface area contributed by atoms with Crippen LogP contribution in [0.3, 0.4) is 0 Å². The van der Waals surface area contributed by atoms with Gasteiger partial charge in [0.2, 0.25) is 17.6 Å². The van der Waals surface area contributed by atoms with Crippen molar-refractivity contribution < 1.29 is 23.6 Å². The van der Waals surface area contributed by atoms with Gasteiger partial charge < -0.3 is 14.6 Å². The highest BCUT2D eigenvalue weighted by atomic mass is 32.2. The topological polar surface area (TPSA) is 126 Å². The molecule has 1 saturated carbocycles. The van der Waals surface area contributed by atoms with E-state index in [0.29, 0.717) is 12.2 Å². The van der Waals surface area contributed by atoms with Crippen LogP contribution in [-0.4, -0.2) is 75.6 Å². The van der Waals surface area contributed by atoms with E-state index in [1.165, 1.54) is 21.6 Å². The van der Waals surface area contributed by atoms with Crippen molar-refractivity contribution in [1.29, 1.82) is 0 Å². The van der Waals surface area contributed by atoms with E-state index >= 15 is 0 Å². The van der Waals surface area contributed by atoms with Gasteiger partial charge in [0.1, 0.15) is 6.54 Å². The van der Waals surface area contributed by atoms with Gasteiger partial charge in [0.25, 0.3) is 11.1 Å². The first-order valence-electron chi connectivity index (χ1n) is 11.1. The quantitative estimate of drug-likeness (QED) is 0.317. The number of imide groups is 1. The Morgan fingerprint density at radius 1 is 1.19 bits per heavy atom. The van der Waals surface area contributed by atoms with Gasteiger partial charge in [0, 0.05) is 25.3 Å². The molecule has 3 rings (SSSR count). The van der Waals surface area contributed by atoms with Crippen molar-refractivity contribution >= 4 is 35.4 Å². The Labute approximate surface area is 191 Å². The molecule has 1 aliphatic heterocycles. The number of rotatable bonds is 10. The van der Waals surface area contributed by atoms with Crippen molar-refractivity contribution in [3.8, 4) is 0 Å². The second-order valence-corrected chi connectivity index (χ2v) is 9.84. The maximum Gasteiger partial charge on any atom is 0.326 e. The molecular weight excluding hydrogens is 434 g/mol. The predicted octanol–water partition coefficient (Wildman–Crippen LogP) is 2.35. The molecular formula is C21H31N5O5S. The molecule has 0 radical (unpaired) electrons. The molecule has 10 nitrogen and oxygen atoms in total. The van der Waals surface area contributed by atoms with Crippen molar-refractivity contribution in [2.45, 2.75) is 63.6 Å². The van der Waals surface area contributed by atoms with Crippen LogP contribution in [0.15, 0.2) is 9.64 Å². The summed E-state index contributed by atoms with van der Waals surface area (Å²) >= 11 is 1.17. The third-order valence-corrected chi connectivity index (χ3v) is 6.50. The number of Topliss-reactive ketones (excluding diaryl/α,β-unsaturated/α-hetero) is 1. The third-order valence-electron chi connectivity index (χ3n) is 5.70. The average molecular weight is 466 g/mol. The molecule has 2 aliphatic rings. The zero-order valence-electron chi connectivity index (χ0n) is 18.8. The summed E-state index contributed by atoms with van der Waals surface area (Å²) in [6.45, 7) is 4.26. The highest BCUT2D eigenvalue weighted by Gasteiger charge is 2.33. The van der Waals surface area contributed by atoms with E-state index in [4.69, 9.17) is 4.42 Å². The molecule has 176 valence electrons. The Kier molecular flexibility index (Phi) is 8.27. The van der Waals surface area contributed by atoms with Crippen molar-refractivity contribution in [2.75, 3.05) is 25.9 Å². The SMILES string of the molecule is CC(C)C[C@H](NC(=O)C1CCCCC1)C(=O)c1nnc(SCCN2C(=O)CN(C)C2=O)o1. The van der Waals surface area contributed by atoms with Crippen molar-refractivity contribution in [2.24, 2.45) is 11.8 Å². The first kappa shape index (κ1) is 24.2. The first-order valence-corrected chi connectivity index (χ1v) is 12.1. The Morgan fingerprint density at radius 3 is 2.53 bits per heavy atom. The van der Waals surface area contributed by atoms with Crippen molar-refractivity contribution in [3.63, 3.8) is 0 Å². The summed E-state index contributed by atoms with van der Waals surface area (Å²) in [7, 11) is 1.57. The number of nitrogens with one attached hydrogen (secondary N) is 1. The highest BCUT2D eigenvalue weighted by Crippen LogP contribution is 2.25. The van der Waals surface area contributed by atoms with Gasteiger partial charge in [-0.1, -0.05) is 44.9 Å². The maximum atomic E-state index is 13.0. The monoisotopic (exact) mass is 465 g/mol. The van der Waals surface area contributed by atoms with Crippen LogP contribution in [0.5, 0.6) is 0 Å². The Morgan fingerprint density at radius 2 is 1.91 bits per heavy atom. The molecule has 1 aliphatic carbocycles. The van der Waals surface area contributed by atoms with E-state index < -0.39 is 11.8 Å². The molecule has 32 heavy (non-hydrogen) atoms. The minimum atomic E-state index is -0.710. The fraction of sp³-hybridized carbons (Fsp3) is 0.714. The number of hydrogen-bond acceptors (Lipinski definition) is 8. The fourth-order valence-electron chi connectivity index (χ4n) is 3.99. The van der Waals surface area contributed by atoms with Crippen LogP contribution in [0.25, 0.3) is 0 Å². The molecule has 1 atom stereocenters. The number of carbonyl (C=O) groups excluding carboxylic acids is 4. The van der Waals surface area contributed by atoms with E-state index in [-0.39, 0.29) is 53.9 Å². The fourth-order valence-corrected chi connectivity index (χ4v) is 4.67. The van der Waals surface area contributed by atoms with Gasteiger partial charge in [0.05, 0.1) is 6.04 Å². The molecule has 11 heteroatoms. The standard InChI is InChI=1S/C21H31N5O5S/c1-13(2)11-15(22-18(29)14-7-5-4-6-8-14)17(28)19-23-24-20(31-19)32-10-9-26-16(27)12-25(3)21(26)30/h13-15H,4-12H2,1-3H3,(H,22,29)/t15-/m0/s1. The number of hydrogen-bond donors (Lipinski definition) is 1. The molecule has 0 unspecified atom stereocenters. The van der Waals surface area contributed by atoms with Gasteiger partial charge in [-0.25, -0.2) is 4.79 Å². The number of ketones is 1. The van der Waals surface area contributed by atoms with Crippen molar-refractivity contribution in [3.05, 3.63) is 5.89 Å². The van der Waals surface area contributed by atoms with Gasteiger partial charge >= 0.3 is 6.03 Å². The maximum absolute atomic E-state index is 13.0. The van der Waals surface area contributed by atoms with Crippen LogP contribution in [-0.2, 0) is 9.59 Å². The van der Waals surface area contributed by atoms with Crippen LogP contribution in [0.1, 0.15) is 63.1 Å². The summed E-state index contributed by atoms with van der Waals surface area (Å²) in [5, 5.41) is 10.9. The minimum absolute atomic E-state index is 0.0462. The van der Waals surface area contributed by atoms with Gasteiger partial charge in [-0.15, -0.1) is 10.2 Å². The summed E-state index contributed by atoms with van der Waals surface area (Å²) in [6, 6.07) is -1.04. The lowest BCUT2D eigenvalue weighted by Crippen LogP contribution is -2.45. The molecule has 2 heterocycles. The molecule has 2 fully saturated rings. The zero-order valence-corrected chi connectivity index (χ0v) is 19.7. The number of carbonyl (C=O) groups is 4. The molecule has 0 bridgehead atoms. The highest BCUT2D eigenvalue weighted by molar-refractivity contribution is 7.99. The van der Waals surface area contributed by atoms with E-state index in [1.807, 2.05) is 13.8 Å². The second-order valence-electron chi connectivity index (χ2n) is 8.80.